The largest absolute Gasteiger partial charge is 0.372 e. The first-order valence-corrected chi connectivity index (χ1v) is 10.8. The van der Waals surface area contributed by atoms with E-state index in [-0.39, 0.29) is 5.91 Å². The standard InChI is InChI=1S/C20H26N4O3S/c1-23(2)28(26,27)19-7-5-18(6-8-19)24-12-9-16(10-13-24)14-22-20(25)17-4-3-11-21-15-17/h3-8,11,15-16H,9-10,12-14H2,1-2H3,(H,22,25). The summed E-state index contributed by atoms with van der Waals surface area (Å²) in [7, 11) is -0.344. The summed E-state index contributed by atoms with van der Waals surface area (Å²) in [6.07, 6.45) is 5.17. The number of nitrogens with zero attached hydrogens (tertiary/aromatic N) is 3. The van der Waals surface area contributed by atoms with Crippen LogP contribution in [0.2, 0.25) is 0 Å². The summed E-state index contributed by atoms with van der Waals surface area (Å²) >= 11 is 0. The summed E-state index contributed by atoms with van der Waals surface area (Å²) in [6.45, 7) is 2.42. The van der Waals surface area contributed by atoms with Gasteiger partial charge in [-0.3, -0.25) is 9.78 Å². The molecule has 2 heterocycles. The molecule has 1 saturated heterocycles. The molecule has 3 rings (SSSR count). The fourth-order valence-corrected chi connectivity index (χ4v) is 4.17. The number of carbonyl (C=O) groups is 1. The number of aromatic nitrogens is 1. The Kier molecular flexibility index (Phi) is 6.31. The molecule has 1 aliphatic rings. The van der Waals surface area contributed by atoms with Crippen molar-refractivity contribution in [2.45, 2.75) is 17.7 Å². The molecule has 1 amide bonds. The van der Waals surface area contributed by atoms with Gasteiger partial charge in [-0.2, -0.15) is 0 Å². The van der Waals surface area contributed by atoms with Gasteiger partial charge >= 0.3 is 0 Å². The van der Waals surface area contributed by atoms with Crippen molar-refractivity contribution >= 4 is 21.6 Å². The number of rotatable bonds is 6. The number of piperidine rings is 1. The van der Waals surface area contributed by atoms with Gasteiger partial charge in [0.2, 0.25) is 10.0 Å². The summed E-state index contributed by atoms with van der Waals surface area (Å²) in [5, 5.41) is 2.99. The highest BCUT2D eigenvalue weighted by Gasteiger charge is 2.21. The fraction of sp³-hybridized carbons (Fsp3) is 0.400. The molecule has 1 aromatic heterocycles. The topological polar surface area (TPSA) is 82.6 Å². The lowest BCUT2D eigenvalue weighted by Crippen LogP contribution is -2.38. The van der Waals surface area contributed by atoms with Crippen LogP contribution in [0, 0.1) is 5.92 Å². The highest BCUT2D eigenvalue weighted by molar-refractivity contribution is 7.89. The third-order valence-corrected chi connectivity index (χ3v) is 6.90. The molecule has 28 heavy (non-hydrogen) atoms. The smallest absolute Gasteiger partial charge is 0.252 e. The number of hydrogen-bond donors (Lipinski definition) is 1. The molecule has 150 valence electrons. The van der Waals surface area contributed by atoms with Crippen LogP contribution in [0.15, 0.2) is 53.7 Å². The zero-order valence-electron chi connectivity index (χ0n) is 16.2. The fourth-order valence-electron chi connectivity index (χ4n) is 3.27. The van der Waals surface area contributed by atoms with Crippen LogP contribution in [-0.2, 0) is 10.0 Å². The maximum atomic E-state index is 12.2. The molecular weight excluding hydrogens is 376 g/mol. The van der Waals surface area contributed by atoms with Crippen molar-refractivity contribution in [2.75, 3.05) is 38.6 Å². The molecule has 2 aromatic rings. The van der Waals surface area contributed by atoms with E-state index in [4.69, 9.17) is 0 Å². The number of pyridine rings is 1. The summed E-state index contributed by atoms with van der Waals surface area (Å²) in [5.41, 5.74) is 1.60. The first kappa shape index (κ1) is 20.3. The van der Waals surface area contributed by atoms with Crippen LogP contribution < -0.4 is 10.2 Å². The Labute approximate surface area is 166 Å². The van der Waals surface area contributed by atoms with Crippen LogP contribution in [0.4, 0.5) is 5.69 Å². The molecule has 0 unspecified atom stereocenters. The number of anilines is 1. The van der Waals surface area contributed by atoms with Crippen molar-refractivity contribution in [2.24, 2.45) is 5.92 Å². The summed E-state index contributed by atoms with van der Waals surface area (Å²) in [6, 6.07) is 10.5. The van der Waals surface area contributed by atoms with Gasteiger partial charge in [-0.25, -0.2) is 12.7 Å². The first-order chi connectivity index (χ1) is 13.4. The van der Waals surface area contributed by atoms with E-state index in [9.17, 15) is 13.2 Å². The van der Waals surface area contributed by atoms with Crippen molar-refractivity contribution in [3.05, 3.63) is 54.4 Å². The zero-order chi connectivity index (χ0) is 20.1. The van der Waals surface area contributed by atoms with Gasteiger partial charge in [0.15, 0.2) is 0 Å². The normalized spacial score (nSPS) is 15.6. The van der Waals surface area contributed by atoms with Gasteiger partial charge < -0.3 is 10.2 Å². The van der Waals surface area contributed by atoms with E-state index in [0.717, 1.165) is 31.6 Å². The van der Waals surface area contributed by atoms with Crippen molar-refractivity contribution in [3.63, 3.8) is 0 Å². The lowest BCUT2D eigenvalue weighted by atomic mass is 9.96. The van der Waals surface area contributed by atoms with Crippen LogP contribution >= 0.6 is 0 Å². The van der Waals surface area contributed by atoms with Gasteiger partial charge in [0.1, 0.15) is 0 Å². The van der Waals surface area contributed by atoms with E-state index < -0.39 is 10.0 Å². The van der Waals surface area contributed by atoms with Crippen LogP contribution in [-0.4, -0.2) is 57.3 Å². The van der Waals surface area contributed by atoms with Gasteiger partial charge in [0.05, 0.1) is 10.5 Å². The van der Waals surface area contributed by atoms with E-state index in [1.54, 1.807) is 36.7 Å². The average Bonchev–Trinajstić information content (AvgIpc) is 2.73. The van der Waals surface area contributed by atoms with Crippen molar-refractivity contribution < 1.29 is 13.2 Å². The first-order valence-electron chi connectivity index (χ1n) is 9.33. The molecule has 1 aromatic carbocycles. The monoisotopic (exact) mass is 402 g/mol. The Morgan fingerprint density at radius 2 is 1.86 bits per heavy atom. The number of carbonyl (C=O) groups excluding carboxylic acids is 1. The maximum absolute atomic E-state index is 12.2. The highest BCUT2D eigenvalue weighted by Crippen LogP contribution is 2.25. The molecule has 0 saturated carbocycles. The van der Waals surface area contributed by atoms with E-state index in [2.05, 4.69) is 15.2 Å². The van der Waals surface area contributed by atoms with Gasteiger partial charge in [-0.15, -0.1) is 0 Å². The maximum Gasteiger partial charge on any atom is 0.252 e. The molecule has 0 bridgehead atoms. The summed E-state index contributed by atoms with van der Waals surface area (Å²) in [4.78, 5) is 18.6. The Morgan fingerprint density at radius 3 is 2.43 bits per heavy atom. The van der Waals surface area contributed by atoms with Crippen molar-refractivity contribution in [3.8, 4) is 0 Å². The molecule has 8 heteroatoms. The molecule has 0 aliphatic carbocycles. The average molecular weight is 403 g/mol. The van der Waals surface area contributed by atoms with E-state index in [1.807, 2.05) is 12.1 Å². The minimum atomic E-state index is -3.40. The Bertz CT molecular complexity index is 891. The minimum Gasteiger partial charge on any atom is -0.372 e. The van der Waals surface area contributed by atoms with Gasteiger partial charge in [-0.05, 0) is 55.2 Å². The zero-order valence-corrected chi connectivity index (χ0v) is 17.0. The van der Waals surface area contributed by atoms with Crippen LogP contribution in [0.5, 0.6) is 0 Å². The Morgan fingerprint density at radius 1 is 1.18 bits per heavy atom. The predicted molar refractivity (Wildman–Crippen MR) is 109 cm³/mol. The van der Waals surface area contributed by atoms with Crippen molar-refractivity contribution in [1.82, 2.24) is 14.6 Å². The summed E-state index contributed by atoms with van der Waals surface area (Å²) < 4.78 is 25.5. The van der Waals surface area contributed by atoms with E-state index in [1.165, 1.54) is 18.4 Å². The number of benzene rings is 1. The van der Waals surface area contributed by atoms with Crippen molar-refractivity contribution in [1.29, 1.82) is 0 Å². The molecule has 0 radical (unpaired) electrons. The molecule has 0 atom stereocenters. The molecule has 7 nitrogen and oxygen atoms in total. The van der Waals surface area contributed by atoms with Gasteiger partial charge in [0.25, 0.3) is 5.91 Å². The predicted octanol–water partition coefficient (Wildman–Crippen LogP) is 1.98. The quantitative estimate of drug-likeness (QED) is 0.799. The third-order valence-electron chi connectivity index (χ3n) is 5.07. The summed E-state index contributed by atoms with van der Waals surface area (Å²) in [5.74, 6) is 0.346. The van der Waals surface area contributed by atoms with Crippen LogP contribution in [0.25, 0.3) is 0 Å². The molecule has 1 aliphatic heterocycles. The van der Waals surface area contributed by atoms with Gasteiger partial charge in [-0.1, -0.05) is 0 Å². The van der Waals surface area contributed by atoms with E-state index >= 15 is 0 Å². The Hall–Kier alpha value is -2.45. The second kappa shape index (κ2) is 8.70. The molecule has 1 N–H and O–H groups in total. The van der Waals surface area contributed by atoms with Crippen LogP contribution in [0.1, 0.15) is 23.2 Å². The van der Waals surface area contributed by atoms with Gasteiger partial charge in [0, 0.05) is 51.8 Å². The molecule has 0 spiro atoms. The number of amides is 1. The minimum absolute atomic E-state index is 0.0896. The second-order valence-electron chi connectivity index (χ2n) is 7.16. The second-order valence-corrected chi connectivity index (χ2v) is 9.32. The number of nitrogens with one attached hydrogen (secondary N) is 1. The number of sulfonamides is 1. The lowest BCUT2D eigenvalue weighted by molar-refractivity contribution is 0.0944. The van der Waals surface area contributed by atoms with E-state index in [0.29, 0.717) is 22.9 Å². The molecule has 1 fully saturated rings. The Balaban J connectivity index is 1.51. The highest BCUT2D eigenvalue weighted by atomic mass is 32.2. The third kappa shape index (κ3) is 4.69. The van der Waals surface area contributed by atoms with Crippen LogP contribution in [0.3, 0.4) is 0 Å². The molecular formula is C20H26N4O3S. The number of hydrogen-bond acceptors (Lipinski definition) is 5. The lowest BCUT2D eigenvalue weighted by Gasteiger charge is -2.33. The SMILES string of the molecule is CN(C)S(=O)(=O)c1ccc(N2CCC(CNC(=O)c3cccnc3)CC2)cc1.